The van der Waals surface area contributed by atoms with Crippen LogP contribution in [-0.2, 0) is 4.79 Å². The fourth-order valence-electron chi connectivity index (χ4n) is 3.58. The fraction of sp³-hybridized carbons (Fsp3) is 0.933. The molecule has 2 aliphatic rings. The molecule has 1 aliphatic heterocycles. The van der Waals surface area contributed by atoms with Crippen molar-refractivity contribution in [2.45, 2.75) is 58.9 Å². The van der Waals surface area contributed by atoms with Gasteiger partial charge in [0.1, 0.15) is 0 Å². The largest absolute Gasteiger partial charge is 0.353 e. The molecular weight excluding hydrogens is 224 g/mol. The Kier molecular flexibility index (Phi) is 4.31. The zero-order valence-corrected chi connectivity index (χ0v) is 12.1. The summed E-state index contributed by atoms with van der Waals surface area (Å²) in [6.45, 7) is 8.64. The predicted octanol–water partition coefficient (Wildman–Crippen LogP) is 2.32. The van der Waals surface area contributed by atoms with Crippen LogP contribution in [0.2, 0.25) is 0 Å². The number of nitrogens with one attached hydrogen (secondary N) is 2. The van der Waals surface area contributed by atoms with E-state index in [9.17, 15) is 4.79 Å². The zero-order chi connectivity index (χ0) is 13.2. The summed E-state index contributed by atoms with van der Waals surface area (Å²) in [5.41, 5.74) is -0.144. The van der Waals surface area contributed by atoms with Crippen LogP contribution in [0.5, 0.6) is 0 Å². The quantitative estimate of drug-likeness (QED) is 0.809. The first-order valence-corrected chi connectivity index (χ1v) is 7.58. The summed E-state index contributed by atoms with van der Waals surface area (Å²) in [6.07, 6.45) is 5.63. The summed E-state index contributed by atoms with van der Waals surface area (Å²) < 4.78 is 0. The van der Waals surface area contributed by atoms with Gasteiger partial charge in [0.05, 0.1) is 0 Å². The van der Waals surface area contributed by atoms with Gasteiger partial charge in [0.25, 0.3) is 0 Å². The minimum Gasteiger partial charge on any atom is -0.353 e. The number of rotatable bonds is 3. The minimum atomic E-state index is -0.144. The van der Waals surface area contributed by atoms with E-state index in [2.05, 4.69) is 31.4 Å². The van der Waals surface area contributed by atoms with E-state index in [0.717, 1.165) is 31.8 Å². The van der Waals surface area contributed by atoms with Crippen LogP contribution >= 0.6 is 0 Å². The molecule has 1 saturated heterocycles. The molecule has 18 heavy (non-hydrogen) atoms. The van der Waals surface area contributed by atoms with Gasteiger partial charge in [-0.25, -0.2) is 0 Å². The van der Waals surface area contributed by atoms with Gasteiger partial charge in [0, 0.05) is 11.5 Å². The van der Waals surface area contributed by atoms with Gasteiger partial charge < -0.3 is 10.6 Å². The molecule has 1 saturated carbocycles. The van der Waals surface area contributed by atoms with Gasteiger partial charge in [0.2, 0.25) is 5.91 Å². The van der Waals surface area contributed by atoms with E-state index in [4.69, 9.17) is 0 Å². The number of hydrogen-bond donors (Lipinski definition) is 2. The van der Waals surface area contributed by atoms with E-state index in [1.54, 1.807) is 0 Å². The highest BCUT2D eigenvalue weighted by Crippen LogP contribution is 2.35. The van der Waals surface area contributed by atoms with E-state index in [1.165, 1.54) is 19.3 Å². The van der Waals surface area contributed by atoms with Gasteiger partial charge >= 0.3 is 0 Å². The van der Waals surface area contributed by atoms with Crippen molar-refractivity contribution in [1.82, 2.24) is 10.6 Å². The van der Waals surface area contributed by atoms with Crippen molar-refractivity contribution in [1.29, 1.82) is 0 Å². The summed E-state index contributed by atoms with van der Waals surface area (Å²) in [6, 6.07) is 0.411. The highest BCUT2D eigenvalue weighted by Gasteiger charge is 2.38. The predicted molar refractivity (Wildman–Crippen MR) is 74.3 cm³/mol. The molecule has 0 radical (unpaired) electrons. The van der Waals surface area contributed by atoms with Crippen molar-refractivity contribution in [2.75, 3.05) is 13.1 Å². The van der Waals surface area contributed by atoms with Crippen LogP contribution in [0.1, 0.15) is 52.9 Å². The Hall–Kier alpha value is -0.570. The Morgan fingerprint density at radius 3 is 2.56 bits per heavy atom. The van der Waals surface area contributed by atoms with Crippen LogP contribution < -0.4 is 10.6 Å². The van der Waals surface area contributed by atoms with Gasteiger partial charge in [-0.3, -0.25) is 4.79 Å². The summed E-state index contributed by atoms with van der Waals surface area (Å²) in [4.78, 5) is 12.5. The van der Waals surface area contributed by atoms with Gasteiger partial charge in [-0.2, -0.15) is 0 Å². The molecule has 2 rings (SSSR count). The molecule has 3 nitrogen and oxygen atoms in total. The standard InChI is InChI=1S/C15H28N2O/c1-4-12-5-6-13(11(12)2)17-14(18)15(3)7-9-16-10-8-15/h11-13,16H,4-10H2,1-3H3,(H,17,18). The number of piperidine rings is 1. The Bertz CT molecular complexity index is 297. The van der Waals surface area contributed by atoms with Crippen LogP contribution in [0.25, 0.3) is 0 Å². The average Bonchev–Trinajstić information content (AvgIpc) is 2.71. The van der Waals surface area contributed by atoms with Gasteiger partial charge in [-0.15, -0.1) is 0 Å². The maximum absolute atomic E-state index is 12.5. The van der Waals surface area contributed by atoms with Crippen LogP contribution in [-0.4, -0.2) is 25.0 Å². The van der Waals surface area contributed by atoms with E-state index in [0.29, 0.717) is 12.0 Å². The van der Waals surface area contributed by atoms with Crippen molar-refractivity contribution >= 4 is 5.91 Å². The zero-order valence-electron chi connectivity index (χ0n) is 12.1. The van der Waals surface area contributed by atoms with Crippen molar-refractivity contribution in [2.24, 2.45) is 17.3 Å². The lowest BCUT2D eigenvalue weighted by Crippen LogP contribution is -2.49. The minimum absolute atomic E-state index is 0.144. The maximum Gasteiger partial charge on any atom is 0.226 e. The molecule has 1 amide bonds. The summed E-state index contributed by atoms with van der Waals surface area (Å²) >= 11 is 0. The molecule has 1 aliphatic carbocycles. The lowest BCUT2D eigenvalue weighted by atomic mass is 9.79. The Balaban J connectivity index is 1.91. The normalized spacial score (nSPS) is 35.4. The summed E-state index contributed by atoms with van der Waals surface area (Å²) in [5.74, 6) is 1.73. The molecule has 2 N–H and O–H groups in total. The third kappa shape index (κ3) is 2.71. The van der Waals surface area contributed by atoms with E-state index in [-0.39, 0.29) is 11.3 Å². The van der Waals surface area contributed by atoms with Crippen LogP contribution in [0.15, 0.2) is 0 Å². The topological polar surface area (TPSA) is 41.1 Å². The molecule has 1 heterocycles. The second-order valence-electron chi connectivity index (χ2n) is 6.50. The molecular formula is C15H28N2O. The van der Waals surface area contributed by atoms with E-state index < -0.39 is 0 Å². The second-order valence-corrected chi connectivity index (χ2v) is 6.50. The Morgan fingerprint density at radius 1 is 1.33 bits per heavy atom. The van der Waals surface area contributed by atoms with Crippen molar-refractivity contribution in [3.63, 3.8) is 0 Å². The molecule has 0 bridgehead atoms. The van der Waals surface area contributed by atoms with Gasteiger partial charge in [0.15, 0.2) is 0 Å². The Labute approximate surface area is 111 Å². The third-order valence-electron chi connectivity index (χ3n) is 5.32. The number of carbonyl (C=O) groups excluding carboxylic acids is 1. The second kappa shape index (κ2) is 5.60. The smallest absolute Gasteiger partial charge is 0.226 e. The molecule has 104 valence electrons. The molecule has 0 aromatic heterocycles. The van der Waals surface area contributed by atoms with Crippen molar-refractivity contribution < 1.29 is 4.79 Å². The van der Waals surface area contributed by atoms with Crippen LogP contribution in [0.4, 0.5) is 0 Å². The summed E-state index contributed by atoms with van der Waals surface area (Å²) in [5, 5.41) is 6.67. The molecule has 2 fully saturated rings. The lowest BCUT2D eigenvalue weighted by molar-refractivity contribution is -0.132. The van der Waals surface area contributed by atoms with Gasteiger partial charge in [-0.1, -0.05) is 27.2 Å². The monoisotopic (exact) mass is 252 g/mol. The first-order valence-electron chi connectivity index (χ1n) is 7.58. The van der Waals surface area contributed by atoms with E-state index in [1.807, 2.05) is 0 Å². The number of hydrogen-bond acceptors (Lipinski definition) is 2. The average molecular weight is 252 g/mol. The number of carbonyl (C=O) groups is 1. The molecule has 3 heteroatoms. The van der Waals surface area contributed by atoms with Gasteiger partial charge in [-0.05, 0) is 50.6 Å². The lowest BCUT2D eigenvalue weighted by Gasteiger charge is -2.34. The van der Waals surface area contributed by atoms with Crippen LogP contribution in [0.3, 0.4) is 0 Å². The number of amides is 1. The first kappa shape index (κ1) is 13.9. The highest BCUT2D eigenvalue weighted by atomic mass is 16.2. The molecule has 3 atom stereocenters. The molecule has 3 unspecified atom stereocenters. The van der Waals surface area contributed by atoms with Crippen LogP contribution in [0, 0.1) is 17.3 Å². The molecule has 0 aromatic carbocycles. The molecule has 0 spiro atoms. The van der Waals surface area contributed by atoms with Crippen molar-refractivity contribution in [3.05, 3.63) is 0 Å². The SMILES string of the molecule is CCC1CCC(NC(=O)C2(C)CCNCC2)C1C. The maximum atomic E-state index is 12.5. The summed E-state index contributed by atoms with van der Waals surface area (Å²) in [7, 11) is 0. The van der Waals surface area contributed by atoms with E-state index >= 15 is 0 Å². The first-order chi connectivity index (χ1) is 8.57. The fourth-order valence-corrected chi connectivity index (χ4v) is 3.58. The Morgan fingerprint density at radius 2 is 2.00 bits per heavy atom. The molecule has 0 aromatic rings. The van der Waals surface area contributed by atoms with Crippen molar-refractivity contribution in [3.8, 4) is 0 Å². The third-order valence-corrected chi connectivity index (χ3v) is 5.32. The highest BCUT2D eigenvalue weighted by molar-refractivity contribution is 5.82.